The molecule has 1 unspecified atom stereocenters. The van der Waals surface area contributed by atoms with E-state index in [0.29, 0.717) is 66.1 Å². The number of esters is 1. The summed E-state index contributed by atoms with van der Waals surface area (Å²) >= 11 is 0. The Kier molecular flexibility index (Phi) is 36.8. The topological polar surface area (TPSA) is 72.5 Å². The highest BCUT2D eigenvalue weighted by Crippen LogP contribution is 2.15. The van der Waals surface area contributed by atoms with Crippen LogP contribution in [0.5, 0.6) is 0 Å². The minimum absolute atomic E-state index is 0.0143. The first kappa shape index (κ1) is 42.3. The molecule has 0 aliphatic heterocycles. The van der Waals surface area contributed by atoms with Crippen molar-refractivity contribution >= 4 is 5.97 Å². The van der Waals surface area contributed by atoms with Crippen LogP contribution < -0.4 is 0 Å². The number of carbonyl (C=O) groups is 1. The van der Waals surface area contributed by atoms with Crippen LogP contribution in [0.3, 0.4) is 0 Å². The fraction of sp³-hybridized carbons (Fsp3) is 0.972. The van der Waals surface area contributed by atoms with Crippen molar-refractivity contribution in [2.24, 2.45) is 5.92 Å². The highest BCUT2D eigenvalue weighted by molar-refractivity contribution is 5.72. The number of unbranched alkanes of at least 4 members (excludes halogenated alkanes) is 16. The quantitative estimate of drug-likeness (QED) is 0.0509. The van der Waals surface area contributed by atoms with Crippen LogP contribution in [0.1, 0.15) is 149 Å². The molecule has 0 amide bonds. The Balaban J connectivity index is 3.14. The number of rotatable bonds is 37. The van der Waals surface area contributed by atoms with Gasteiger partial charge in [-0.1, -0.05) is 130 Å². The Bertz CT molecular complexity index is 532. The van der Waals surface area contributed by atoms with Crippen molar-refractivity contribution in [3.8, 4) is 0 Å². The van der Waals surface area contributed by atoms with Gasteiger partial charge in [0.1, 0.15) is 6.61 Å². The predicted octanol–water partition coefficient (Wildman–Crippen LogP) is 9.09. The minimum atomic E-state index is -0.102. The molecule has 7 heteroatoms. The standard InChI is InChI=1S/C36H72O7/c1-4-7-9-10-11-12-13-14-15-16-17-18-19-20-21-22-24-38-25-26-39-27-28-40-29-30-41-31-32-42-33-34-43-36(37)35(6-3)23-8-5-2/h35H,4-34H2,1-3H3. The molecule has 0 heterocycles. The summed E-state index contributed by atoms with van der Waals surface area (Å²) in [5.74, 6) is -0.0875. The van der Waals surface area contributed by atoms with Gasteiger partial charge >= 0.3 is 5.97 Å². The predicted molar refractivity (Wildman–Crippen MR) is 178 cm³/mol. The third-order valence-electron chi connectivity index (χ3n) is 7.83. The molecule has 0 aromatic carbocycles. The van der Waals surface area contributed by atoms with E-state index in [1.165, 1.54) is 96.3 Å². The number of hydrogen-bond acceptors (Lipinski definition) is 7. The summed E-state index contributed by atoms with van der Waals surface area (Å²) < 4.78 is 33.0. The van der Waals surface area contributed by atoms with E-state index in [1.807, 2.05) is 6.92 Å². The average Bonchev–Trinajstić information content (AvgIpc) is 3.02. The summed E-state index contributed by atoms with van der Waals surface area (Å²) in [7, 11) is 0. The fourth-order valence-electron chi connectivity index (χ4n) is 4.99. The molecule has 0 aromatic heterocycles. The Morgan fingerprint density at radius 1 is 0.395 bits per heavy atom. The van der Waals surface area contributed by atoms with Gasteiger partial charge in [-0.15, -0.1) is 0 Å². The summed E-state index contributed by atoms with van der Waals surface area (Å²) in [5.41, 5.74) is 0. The first-order chi connectivity index (χ1) is 21.3. The van der Waals surface area contributed by atoms with Crippen LogP contribution in [0.4, 0.5) is 0 Å². The molecule has 0 fully saturated rings. The van der Waals surface area contributed by atoms with E-state index < -0.39 is 0 Å². The summed E-state index contributed by atoms with van der Waals surface area (Å²) in [5, 5.41) is 0. The summed E-state index contributed by atoms with van der Waals surface area (Å²) in [6.07, 6.45) is 26.1. The first-order valence-corrected chi connectivity index (χ1v) is 18.3. The van der Waals surface area contributed by atoms with Gasteiger partial charge in [0.05, 0.1) is 65.4 Å². The molecule has 0 N–H and O–H groups in total. The highest BCUT2D eigenvalue weighted by Gasteiger charge is 2.16. The van der Waals surface area contributed by atoms with Crippen molar-refractivity contribution in [1.29, 1.82) is 0 Å². The van der Waals surface area contributed by atoms with Gasteiger partial charge in [-0.3, -0.25) is 4.79 Å². The molecule has 0 aliphatic carbocycles. The Hall–Kier alpha value is -0.730. The van der Waals surface area contributed by atoms with Crippen molar-refractivity contribution in [2.45, 2.75) is 149 Å². The van der Waals surface area contributed by atoms with Crippen molar-refractivity contribution in [1.82, 2.24) is 0 Å². The summed E-state index contributed by atoms with van der Waals surface area (Å²) in [6.45, 7) is 12.4. The van der Waals surface area contributed by atoms with Crippen LogP contribution in [0.25, 0.3) is 0 Å². The molecule has 0 spiro atoms. The van der Waals surface area contributed by atoms with Gasteiger partial charge < -0.3 is 28.4 Å². The Morgan fingerprint density at radius 2 is 0.721 bits per heavy atom. The third kappa shape index (κ3) is 34.0. The zero-order chi connectivity index (χ0) is 31.3. The molecule has 7 nitrogen and oxygen atoms in total. The molecule has 1 atom stereocenters. The van der Waals surface area contributed by atoms with Crippen LogP contribution in [0, 0.1) is 5.92 Å². The molecular weight excluding hydrogens is 544 g/mol. The fourth-order valence-corrected chi connectivity index (χ4v) is 4.99. The Labute approximate surface area is 266 Å². The second kappa shape index (κ2) is 37.5. The van der Waals surface area contributed by atoms with E-state index in [-0.39, 0.29) is 11.9 Å². The zero-order valence-corrected chi connectivity index (χ0v) is 28.9. The molecule has 0 bridgehead atoms. The second-order valence-corrected chi connectivity index (χ2v) is 11.8. The van der Waals surface area contributed by atoms with Gasteiger partial charge in [0.15, 0.2) is 0 Å². The maximum atomic E-state index is 12.0. The van der Waals surface area contributed by atoms with E-state index in [0.717, 1.165) is 38.7 Å². The smallest absolute Gasteiger partial charge is 0.308 e. The van der Waals surface area contributed by atoms with Crippen molar-refractivity contribution in [3.05, 3.63) is 0 Å². The first-order valence-electron chi connectivity index (χ1n) is 18.3. The molecule has 258 valence electrons. The van der Waals surface area contributed by atoms with Crippen LogP contribution in [-0.2, 0) is 33.2 Å². The van der Waals surface area contributed by atoms with E-state index in [9.17, 15) is 4.79 Å². The van der Waals surface area contributed by atoms with Crippen LogP contribution in [0.2, 0.25) is 0 Å². The molecule has 0 aromatic rings. The molecule has 0 rings (SSSR count). The lowest BCUT2D eigenvalue weighted by molar-refractivity contribution is -0.150. The van der Waals surface area contributed by atoms with E-state index in [1.54, 1.807) is 0 Å². The van der Waals surface area contributed by atoms with Gasteiger partial charge in [-0.2, -0.15) is 0 Å². The molecule has 0 saturated heterocycles. The van der Waals surface area contributed by atoms with E-state index in [2.05, 4.69) is 13.8 Å². The van der Waals surface area contributed by atoms with Crippen molar-refractivity contribution in [3.63, 3.8) is 0 Å². The average molecular weight is 617 g/mol. The maximum Gasteiger partial charge on any atom is 0.308 e. The molecule has 43 heavy (non-hydrogen) atoms. The van der Waals surface area contributed by atoms with Gasteiger partial charge in [-0.05, 0) is 19.3 Å². The van der Waals surface area contributed by atoms with Crippen LogP contribution >= 0.6 is 0 Å². The summed E-state index contributed by atoms with van der Waals surface area (Å²) in [6, 6.07) is 0. The lowest BCUT2D eigenvalue weighted by atomic mass is 10.00. The molecule has 0 radical (unpaired) electrons. The van der Waals surface area contributed by atoms with Crippen molar-refractivity contribution < 1.29 is 33.2 Å². The monoisotopic (exact) mass is 617 g/mol. The largest absolute Gasteiger partial charge is 0.463 e. The highest BCUT2D eigenvalue weighted by atomic mass is 16.6. The molecular formula is C36H72O7. The lowest BCUT2D eigenvalue weighted by Crippen LogP contribution is -2.20. The SMILES string of the molecule is CCCCCCCCCCCCCCCCCCOCCOCCOCCOCCOCCOC(=O)C(CC)CCCC. The number of ether oxygens (including phenoxy) is 6. The second-order valence-electron chi connectivity index (χ2n) is 11.8. The van der Waals surface area contributed by atoms with Crippen molar-refractivity contribution in [2.75, 3.05) is 72.7 Å². The zero-order valence-electron chi connectivity index (χ0n) is 28.9. The normalized spacial score (nSPS) is 12.2. The lowest BCUT2D eigenvalue weighted by Gasteiger charge is -2.13. The molecule has 0 saturated carbocycles. The van der Waals surface area contributed by atoms with Crippen LogP contribution in [0.15, 0.2) is 0 Å². The number of hydrogen-bond donors (Lipinski definition) is 0. The van der Waals surface area contributed by atoms with Gasteiger partial charge in [0.25, 0.3) is 0 Å². The number of carbonyl (C=O) groups excluding carboxylic acids is 1. The maximum absolute atomic E-state index is 12.0. The van der Waals surface area contributed by atoms with Gasteiger partial charge in [0.2, 0.25) is 0 Å². The summed E-state index contributed by atoms with van der Waals surface area (Å²) in [4.78, 5) is 12.0. The Morgan fingerprint density at radius 3 is 1.09 bits per heavy atom. The van der Waals surface area contributed by atoms with E-state index in [4.69, 9.17) is 28.4 Å². The molecule has 0 aliphatic rings. The van der Waals surface area contributed by atoms with E-state index >= 15 is 0 Å². The minimum Gasteiger partial charge on any atom is -0.463 e. The van der Waals surface area contributed by atoms with Crippen LogP contribution in [-0.4, -0.2) is 78.6 Å². The third-order valence-corrected chi connectivity index (χ3v) is 7.83. The van der Waals surface area contributed by atoms with Gasteiger partial charge in [0, 0.05) is 6.61 Å². The van der Waals surface area contributed by atoms with Gasteiger partial charge in [-0.25, -0.2) is 0 Å².